The van der Waals surface area contributed by atoms with Crippen LogP contribution in [0.2, 0.25) is 0 Å². The predicted octanol–water partition coefficient (Wildman–Crippen LogP) is 2.04. The Hall–Kier alpha value is -0.450. The van der Waals surface area contributed by atoms with Crippen LogP contribution in [0.25, 0.3) is 0 Å². The molecule has 0 aliphatic carbocycles. The number of rotatable bonds is 6. The molecule has 16 heavy (non-hydrogen) atoms. The van der Waals surface area contributed by atoms with Gasteiger partial charge in [-0.1, -0.05) is 20.8 Å². The number of nitrogens with one attached hydrogen (secondary N) is 1. The van der Waals surface area contributed by atoms with Crippen molar-refractivity contribution < 1.29 is 0 Å². The van der Waals surface area contributed by atoms with Crippen molar-refractivity contribution in [1.29, 1.82) is 0 Å². The monoisotopic (exact) mass is 241 g/mol. The lowest BCUT2D eigenvalue weighted by Crippen LogP contribution is -2.37. The standard InChI is InChI=1S/C12H23N3S/c1-12(2,3)11(13)5-7-14-6-4-10-8-16-9-15-10/h8-9,11,14H,4-7,13H2,1-3H3. The molecule has 0 bridgehead atoms. The quantitative estimate of drug-likeness (QED) is 0.749. The Morgan fingerprint density at radius 3 is 2.75 bits per heavy atom. The normalized spacial score (nSPS) is 14.0. The average molecular weight is 241 g/mol. The SMILES string of the molecule is CC(C)(C)C(N)CCNCCc1cscn1. The minimum absolute atomic E-state index is 0.205. The van der Waals surface area contributed by atoms with Gasteiger partial charge in [-0.05, 0) is 18.4 Å². The number of hydrogen-bond donors (Lipinski definition) is 2. The summed E-state index contributed by atoms with van der Waals surface area (Å²) in [6.45, 7) is 8.54. The second-order valence-corrected chi connectivity index (χ2v) is 5.96. The molecular formula is C12H23N3S. The van der Waals surface area contributed by atoms with Crippen LogP contribution in [-0.2, 0) is 6.42 Å². The zero-order valence-corrected chi connectivity index (χ0v) is 11.3. The Balaban J connectivity index is 2.04. The fourth-order valence-electron chi connectivity index (χ4n) is 1.39. The van der Waals surface area contributed by atoms with Crippen molar-refractivity contribution in [3.05, 3.63) is 16.6 Å². The molecule has 1 aromatic rings. The molecule has 0 radical (unpaired) electrons. The highest BCUT2D eigenvalue weighted by molar-refractivity contribution is 7.07. The molecule has 3 N–H and O–H groups in total. The summed E-state index contributed by atoms with van der Waals surface area (Å²) in [6, 6.07) is 0.263. The first kappa shape index (κ1) is 13.6. The highest BCUT2D eigenvalue weighted by Gasteiger charge is 2.19. The van der Waals surface area contributed by atoms with Crippen molar-refractivity contribution in [2.45, 2.75) is 39.7 Å². The van der Waals surface area contributed by atoms with Crippen LogP contribution in [0.4, 0.5) is 0 Å². The van der Waals surface area contributed by atoms with Crippen LogP contribution in [0.1, 0.15) is 32.9 Å². The van der Waals surface area contributed by atoms with Gasteiger partial charge in [0.15, 0.2) is 0 Å². The summed E-state index contributed by atoms with van der Waals surface area (Å²) in [5.41, 5.74) is 9.34. The molecule has 0 fully saturated rings. The summed E-state index contributed by atoms with van der Waals surface area (Å²) in [6.07, 6.45) is 2.04. The summed E-state index contributed by atoms with van der Waals surface area (Å²) in [4.78, 5) is 4.24. The van der Waals surface area contributed by atoms with Crippen LogP contribution in [0.3, 0.4) is 0 Å². The Bertz CT molecular complexity index is 277. The largest absolute Gasteiger partial charge is 0.327 e. The van der Waals surface area contributed by atoms with Gasteiger partial charge in [-0.2, -0.15) is 0 Å². The molecule has 4 heteroatoms. The lowest BCUT2D eigenvalue weighted by Gasteiger charge is -2.27. The van der Waals surface area contributed by atoms with E-state index in [1.165, 1.54) is 5.69 Å². The van der Waals surface area contributed by atoms with Crippen molar-refractivity contribution in [1.82, 2.24) is 10.3 Å². The van der Waals surface area contributed by atoms with Crippen molar-refractivity contribution in [3.8, 4) is 0 Å². The number of hydrogen-bond acceptors (Lipinski definition) is 4. The molecule has 1 atom stereocenters. The van der Waals surface area contributed by atoms with Crippen molar-refractivity contribution in [3.63, 3.8) is 0 Å². The third kappa shape index (κ3) is 5.05. The van der Waals surface area contributed by atoms with Gasteiger partial charge in [0.2, 0.25) is 0 Å². The fourth-order valence-corrected chi connectivity index (χ4v) is 1.99. The average Bonchev–Trinajstić information content (AvgIpc) is 2.68. The summed E-state index contributed by atoms with van der Waals surface area (Å²) < 4.78 is 0. The van der Waals surface area contributed by atoms with E-state index in [9.17, 15) is 0 Å². The maximum Gasteiger partial charge on any atom is 0.0794 e. The molecule has 1 aromatic heterocycles. The lowest BCUT2D eigenvalue weighted by atomic mass is 9.85. The highest BCUT2D eigenvalue weighted by Crippen LogP contribution is 2.18. The molecule has 0 aliphatic rings. The van der Waals surface area contributed by atoms with Crippen LogP contribution in [0.15, 0.2) is 10.9 Å². The Morgan fingerprint density at radius 2 is 2.19 bits per heavy atom. The van der Waals surface area contributed by atoms with Gasteiger partial charge in [-0.3, -0.25) is 0 Å². The first-order valence-electron chi connectivity index (χ1n) is 5.83. The van der Waals surface area contributed by atoms with Gasteiger partial charge in [0.1, 0.15) is 0 Å². The van der Waals surface area contributed by atoms with Gasteiger partial charge in [-0.15, -0.1) is 11.3 Å². The van der Waals surface area contributed by atoms with Crippen LogP contribution in [0.5, 0.6) is 0 Å². The van der Waals surface area contributed by atoms with Crippen molar-refractivity contribution in [2.24, 2.45) is 11.1 Å². The van der Waals surface area contributed by atoms with E-state index in [1.807, 2.05) is 5.51 Å². The predicted molar refractivity (Wildman–Crippen MR) is 70.7 cm³/mol. The molecule has 3 nitrogen and oxygen atoms in total. The van der Waals surface area contributed by atoms with E-state index in [2.05, 4.69) is 36.5 Å². The third-order valence-electron chi connectivity index (χ3n) is 2.79. The fraction of sp³-hybridized carbons (Fsp3) is 0.750. The highest BCUT2D eigenvalue weighted by atomic mass is 32.1. The summed E-state index contributed by atoms with van der Waals surface area (Å²) in [5, 5.41) is 5.51. The molecule has 0 aliphatic heterocycles. The summed E-state index contributed by atoms with van der Waals surface area (Å²) in [5.74, 6) is 0. The van der Waals surface area contributed by atoms with Crippen LogP contribution in [-0.4, -0.2) is 24.1 Å². The van der Waals surface area contributed by atoms with E-state index >= 15 is 0 Å². The van der Waals surface area contributed by atoms with Crippen LogP contribution >= 0.6 is 11.3 Å². The number of nitrogens with two attached hydrogens (primary N) is 1. The van der Waals surface area contributed by atoms with E-state index < -0.39 is 0 Å². The molecule has 0 amide bonds. The van der Waals surface area contributed by atoms with E-state index in [1.54, 1.807) is 11.3 Å². The third-order valence-corrected chi connectivity index (χ3v) is 3.42. The minimum Gasteiger partial charge on any atom is -0.327 e. The maximum atomic E-state index is 6.08. The van der Waals surface area contributed by atoms with E-state index in [0.29, 0.717) is 0 Å². The van der Waals surface area contributed by atoms with Gasteiger partial charge in [0.25, 0.3) is 0 Å². The molecule has 1 unspecified atom stereocenters. The zero-order chi connectivity index (χ0) is 12.0. The van der Waals surface area contributed by atoms with Gasteiger partial charge < -0.3 is 11.1 Å². The first-order valence-corrected chi connectivity index (χ1v) is 6.78. The molecule has 92 valence electrons. The van der Waals surface area contributed by atoms with E-state index in [0.717, 1.165) is 25.9 Å². The zero-order valence-electron chi connectivity index (χ0n) is 10.5. The minimum atomic E-state index is 0.205. The number of nitrogens with zero attached hydrogens (tertiary/aromatic N) is 1. The van der Waals surface area contributed by atoms with Crippen molar-refractivity contribution >= 4 is 11.3 Å². The molecule has 0 aromatic carbocycles. The summed E-state index contributed by atoms with van der Waals surface area (Å²) >= 11 is 1.65. The van der Waals surface area contributed by atoms with Gasteiger partial charge in [-0.25, -0.2) is 4.98 Å². The molecule has 0 saturated heterocycles. The molecule has 0 spiro atoms. The molecule has 0 saturated carbocycles. The number of aromatic nitrogens is 1. The van der Waals surface area contributed by atoms with Gasteiger partial charge in [0.05, 0.1) is 11.2 Å². The van der Waals surface area contributed by atoms with Crippen LogP contribution in [0, 0.1) is 5.41 Å². The van der Waals surface area contributed by atoms with Crippen molar-refractivity contribution in [2.75, 3.05) is 13.1 Å². The smallest absolute Gasteiger partial charge is 0.0794 e. The van der Waals surface area contributed by atoms with E-state index in [4.69, 9.17) is 5.73 Å². The Labute approximate surface area is 102 Å². The van der Waals surface area contributed by atoms with E-state index in [-0.39, 0.29) is 11.5 Å². The topological polar surface area (TPSA) is 50.9 Å². The molecule has 1 rings (SSSR count). The first-order chi connectivity index (χ1) is 7.50. The second kappa shape index (κ2) is 6.33. The molecule has 1 heterocycles. The molecular weight excluding hydrogens is 218 g/mol. The Kier molecular flexibility index (Phi) is 5.38. The van der Waals surface area contributed by atoms with Gasteiger partial charge in [0, 0.05) is 24.4 Å². The maximum absolute atomic E-state index is 6.08. The van der Waals surface area contributed by atoms with Crippen LogP contribution < -0.4 is 11.1 Å². The number of thiazole rings is 1. The second-order valence-electron chi connectivity index (χ2n) is 5.24. The van der Waals surface area contributed by atoms with Gasteiger partial charge >= 0.3 is 0 Å². The lowest BCUT2D eigenvalue weighted by molar-refractivity contribution is 0.303. The Morgan fingerprint density at radius 1 is 1.44 bits per heavy atom. The summed E-state index contributed by atoms with van der Waals surface area (Å²) in [7, 11) is 0.